The molecule has 4 rings (SSSR count). The van der Waals surface area contributed by atoms with Crippen LogP contribution in [0.25, 0.3) is 5.65 Å². The average molecular weight is 309 g/mol. The molecule has 0 bridgehead atoms. The second-order valence-electron chi connectivity index (χ2n) is 5.79. The lowest BCUT2D eigenvalue weighted by molar-refractivity contribution is 0.246. The van der Waals surface area contributed by atoms with E-state index in [1.807, 2.05) is 37.4 Å². The Morgan fingerprint density at radius 3 is 2.65 bits per heavy atom. The Morgan fingerprint density at radius 2 is 1.87 bits per heavy atom. The summed E-state index contributed by atoms with van der Waals surface area (Å²) in [7, 11) is 0. The van der Waals surface area contributed by atoms with Crippen LogP contribution in [0.15, 0.2) is 36.5 Å². The van der Waals surface area contributed by atoms with Crippen LogP contribution in [0.4, 0.5) is 5.82 Å². The second-order valence-corrected chi connectivity index (χ2v) is 5.79. The van der Waals surface area contributed by atoms with Crippen LogP contribution in [0.2, 0.25) is 0 Å². The molecule has 23 heavy (non-hydrogen) atoms. The monoisotopic (exact) mass is 309 g/mol. The van der Waals surface area contributed by atoms with Crippen LogP contribution in [0, 0.1) is 6.92 Å². The molecule has 3 aromatic heterocycles. The fourth-order valence-corrected chi connectivity index (χ4v) is 2.91. The maximum absolute atomic E-state index is 4.65. The third-order valence-electron chi connectivity index (χ3n) is 4.21. The number of rotatable bonds is 3. The van der Waals surface area contributed by atoms with E-state index in [0.717, 1.165) is 55.7 Å². The van der Waals surface area contributed by atoms with Gasteiger partial charge in [-0.15, -0.1) is 15.3 Å². The molecule has 3 aromatic rings. The van der Waals surface area contributed by atoms with Gasteiger partial charge in [0.25, 0.3) is 0 Å². The summed E-state index contributed by atoms with van der Waals surface area (Å²) in [6.07, 6.45) is 1.85. The van der Waals surface area contributed by atoms with E-state index in [-0.39, 0.29) is 0 Å². The molecule has 1 aliphatic rings. The lowest BCUT2D eigenvalue weighted by Gasteiger charge is -2.35. The van der Waals surface area contributed by atoms with Crippen molar-refractivity contribution in [3.8, 4) is 0 Å². The van der Waals surface area contributed by atoms with Crippen molar-refractivity contribution in [3.63, 3.8) is 0 Å². The van der Waals surface area contributed by atoms with Crippen molar-refractivity contribution >= 4 is 11.5 Å². The van der Waals surface area contributed by atoms with Crippen LogP contribution in [0.5, 0.6) is 0 Å². The zero-order chi connectivity index (χ0) is 15.6. The summed E-state index contributed by atoms with van der Waals surface area (Å²) >= 11 is 0. The molecule has 0 aliphatic carbocycles. The van der Waals surface area contributed by atoms with E-state index in [1.54, 1.807) is 4.52 Å². The van der Waals surface area contributed by atoms with Gasteiger partial charge < -0.3 is 4.90 Å². The first-order chi connectivity index (χ1) is 11.3. The number of anilines is 1. The molecule has 4 heterocycles. The fraction of sp³-hybridized carbons (Fsp3) is 0.375. The van der Waals surface area contributed by atoms with Gasteiger partial charge in [0.2, 0.25) is 0 Å². The first-order valence-corrected chi connectivity index (χ1v) is 7.86. The van der Waals surface area contributed by atoms with Crippen LogP contribution in [0.3, 0.4) is 0 Å². The number of hydrogen-bond donors (Lipinski definition) is 0. The van der Waals surface area contributed by atoms with E-state index in [4.69, 9.17) is 0 Å². The van der Waals surface area contributed by atoms with Crippen molar-refractivity contribution < 1.29 is 0 Å². The van der Waals surface area contributed by atoms with Gasteiger partial charge in [-0.2, -0.15) is 4.52 Å². The molecule has 0 amide bonds. The summed E-state index contributed by atoms with van der Waals surface area (Å²) in [5.41, 5.74) is 1.92. The van der Waals surface area contributed by atoms with E-state index in [1.165, 1.54) is 0 Å². The molecule has 1 saturated heterocycles. The molecule has 0 radical (unpaired) electrons. The van der Waals surface area contributed by atoms with Gasteiger partial charge >= 0.3 is 0 Å². The molecule has 118 valence electrons. The summed E-state index contributed by atoms with van der Waals surface area (Å²) < 4.78 is 1.80. The third kappa shape index (κ3) is 2.87. The Morgan fingerprint density at radius 1 is 1.00 bits per heavy atom. The van der Waals surface area contributed by atoms with Crippen molar-refractivity contribution in [2.24, 2.45) is 0 Å². The number of aromatic nitrogens is 5. The zero-order valence-corrected chi connectivity index (χ0v) is 13.1. The van der Waals surface area contributed by atoms with E-state index >= 15 is 0 Å². The van der Waals surface area contributed by atoms with Gasteiger partial charge in [-0.3, -0.25) is 9.88 Å². The van der Waals surface area contributed by atoms with Crippen LogP contribution in [-0.4, -0.2) is 55.9 Å². The largest absolute Gasteiger partial charge is 0.353 e. The van der Waals surface area contributed by atoms with Crippen molar-refractivity contribution in [2.45, 2.75) is 13.5 Å². The van der Waals surface area contributed by atoms with Crippen molar-refractivity contribution in [3.05, 3.63) is 48.0 Å². The quantitative estimate of drug-likeness (QED) is 0.723. The van der Waals surface area contributed by atoms with Gasteiger partial charge in [0.15, 0.2) is 11.5 Å². The maximum atomic E-state index is 4.65. The number of pyridine rings is 1. The highest BCUT2D eigenvalue weighted by Crippen LogP contribution is 2.15. The Balaban J connectivity index is 1.43. The summed E-state index contributed by atoms with van der Waals surface area (Å²) in [6, 6.07) is 10.1. The minimum absolute atomic E-state index is 0.792. The summed E-state index contributed by atoms with van der Waals surface area (Å²) in [4.78, 5) is 9.15. The summed E-state index contributed by atoms with van der Waals surface area (Å²) in [5.74, 6) is 1.80. The molecular formula is C16H19N7. The second kappa shape index (κ2) is 5.92. The molecule has 7 nitrogen and oxygen atoms in total. The van der Waals surface area contributed by atoms with Gasteiger partial charge in [0, 0.05) is 38.9 Å². The highest BCUT2D eigenvalue weighted by molar-refractivity contribution is 5.46. The summed E-state index contributed by atoms with van der Waals surface area (Å²) in [6.45, 7) is 6.78. The van der Waals surface area contributed by atoms with Crippen LogP contribution >= 0.6 is 0 Å². The highest BCUT2D eigenvalue weighted by Gasteiger charge is 2.19. The SMILES string of the molecule is Cc1nnc2ccc(N3CCN(Cc4ccccn4)CC3)nn12. The van der Waals surface area contributed by atoms with Gasteiger partial charge in [-0.05, 0) is 31.2 Å². The molecule has 0 unspecified atom stereocenters. The first-order valence-electron chi connectivity index (χ1n) is 7.86. The topological polar surface area (TPSA) is 62.5 Å². The Labute approximate surface area is 134 Å². The fourth-order valence-electron chi connectivity index (χ4n) is 2.91. The summed E-state index contributed by atoms with van der Waals surface area (Å²) in [5, 5.41) is 12.8. The predicted molar refractivity (Wildman–Crippen MR) is 87.2 cm³/mol. The van der Waals surface area contributed by atoms with Crippen LogP contribution in [0.1, 0.15) is 11.5 Å². The van der Waals surface area contributed by atoms with E-state index in [2.05, 4.69) is 36.1 Å². The molecule has 7 heteroatoms. The van der Waals surface area contributed by atoms with Crippen LogP contribution in [-0.2, 0) is 6.54 Å². The molecular weight excluding hydrogens is 290 g/mol. The lowest BCUT2D eigenvalue weighted by atomic mass is 10.2. The van der Waals surface area contributed by atoms with Gasteiger partial charge in [-0.25, -0.2) is 0 Å². The van der Waals surface area contributed by atoms with Gasteiger partial charge in [-0.1, -0.05) is 6.07 Å². The maximum Gasteiger partial charge on any atom is 0.178 e. The minimum atomic E-state index is 0.792. The van der Waals surface area contributed by atoms with Crippen molar-refractivity contribution in [1.29, 1.82) is 0 Å². The Bertz CT molecular complexity index is 791. The molecule has 0 aromatic carbocycles. The van der Waals surface area contributed by atoms with E-state index in [9.17, 15) is 0 Å². The van der Waals surface area contributed by atoms with Crippen molar-refractivity contribution in [2.75, 3.05) is 31.1 Å². The van der Waals surface area contributed by atoms with E-state index < -0.39 is 0 Å². The number of hydrogen-bond acceptors (Lipinski definition) is 6. The highest BCUT2D eigenvalue weighted by atomic mass is 15.4. The smallest absolute Gasteiger partial charge is 0.178 e. The lowest BCUT2D eigenvalue weighted by Crippen LogP contribution is -2.46. The molecule has 1 aliphatic heterocycles. The normalized spacial score (nSPS) is 16.1. The van der Waals surface area contributed by atoms with E-state index in [0.29, 0.717) is 0 Å². The van der Waals surface area contributed by atoms with Crippen LogP contribution < -0.4 is 4.90 Å². The molecule has 0 atom stereocenters. The third-order valence-corrected chi connectivity index (χ3v) is 4.21. The first kappa shape index (κ1) is 14.1. The number of nitrogens with zero attached hydrogens (tertiary/aromatic N) is 7. The number of aryl methyl sites for hydroxylation is 1. The van der Waals surface area contributed by atoms with Crippen molar-refractivity contribution in [1.82, 2.24) is 29.7 Å². The molecule has 1 fully saturated rings. The number of piperazine rings is 1. The molecule has 0 N–H and O–H groups in total. The number of fused-ring (bicyclic) bond motifs is 1. The standard InChI is InChI=1S/C16H19N7/c1-13-18-19-15-5-6-16(20-23(13)15)22-10-8-21(9-11-22)12-14-4-2-3-7-17-14/h2-7H,8-12H2,1H3. The van der Waals surface area contributed by atoms with Gasteiger partial charge in [0.05, 0.1) is 5.69 Å². The minimum Gasteiger partial charge on any atom is -0.353 e. The van der Waals surface area contributed by atoms with Gasteiger partial charge in [0.1, 0.15) is 5.82 Å². The zero-order valence-electron chi connectivity index (χ0n) is 13.1. The predicted octanol–water partition coefficient (Wildman–Crippen LogP) is 1.15. The molecule has 0 spiro atoms. The molecule has 0 saturated carbocycles. The average Bonchev–Trinajstić information content (AvgIpc) is 2.97. The Kier molecular flexibility index (Phi) is 3.63. The Hall–Kier alpha value is -2.54.